The molecule has 0 aliphatic carbocycles. The molecule has 1 aliphatic heterocycles. The summed E-state index contributed by atoms with van der Waals surface area (Å²) in [5, 5.41) is 0. The summed E-state index contributed by atoms with van der Waals surface area (Å²) >= 11 is 0. The van der Waals surface area contributed by atoms with Crippen molar-refractivity contribution in [1.29, 1.82) is 0 Å². The van der Waals surface area contributed by atoms with Crippen LogP contribution in [0.5, 0.6) is 0 Å². The van der Waals surface area contributed by atoms with Gasteiger partial charge in [-0.25, -0.2) is 27.5 Å². The van der Waals surface area contributed by atoms with Gasteiger partial charge in [-0.15, -0.1) is 0 Å². The summed E-state index contributed by atoms with van der Waals surface area (Å²) in [7, 11) is -3.68. The number of aromatic nitrogens is 2. The molecule has 1 fully saturated rings. The van der Waals surface area contributed by atoms with E-state index >= 15 is 0 Å². The van der Waals surface area contributed by atoms with Gasteiger partial charge in [-0.3, -0.25) is 4.90 Å². The number of halogens is 1. The highest BCUT2D eigenvalue weighted by atomic mass is 32.2. The molecule has 0 unspecified atom stereocenters. The van der Waals surface area contributed by atoms with Gasteiger partial charge in [0.25, 0.3) is 0 Å². The van der Waals surface area contributed by atoms with Gasteiger partial charge in [0.15, 0.2) is 0 Å². The van der Waals surface area contributed by atoms with Gasteiger partial charge in [-0.05, 0) is 43.7 Å². The molecule has 1 aromatic heterocycles. The summed E-state index contributed by atoms with van der Waals surface area (Å²) in [6.45, 7) is 6.18. The van der Waals surface area contributed by atoms with Crippen LogP contribution in [0.1, 0.15) is 12.0 Å². The predicted octanol–water partition coefficient (Wildman–Crippen LogP) is 1.41. The lowest BCUT2D eigenvalue weighted by Crippen LogP contribution is -2.47. The Kier molecular flexibility index (Phi) is 6.35. The van der Waals surface area contributed by atoms with Crippen LogP contribution in [0.2, 0.25) is 0 Å². The molecule has 3 rings (SSSR count). The van der Waals surface area contributed by atoms with Crippen LogP contribution in [-0.4, -0.2) is 62.6 Å². The molecule has 1 saturated heterocycles. The SMILES string of the molecule is Cc1ccc(S(=O)(=O)NCCCN2CCN(c3ncccn3)CC2)cc1F. The van der Waals surface area contributed by atoms with E-state index in [0.717, 1.165) is 44.7 Å². The smallest absolute Gasteiger partial charge is 0.240 e. The van der Waals surface area contributed by atoms with Gasteiger partial charge in [0.05, 0.1) is 4.90 Å². The number of aryl methyl sites for hydroxylation is 1. The Morgan fingerprint density at radius 3 is 2.52 bits per heavy atom. The fourth-order valence-electron chi connectivity index (χ4n) is 2.96. The van der Waals surface area contributed by atoms with Gasteiger partial charge >= 0.3 is 0 Å². The molecular formula is C18H24FN5O2S. The van der Waals surface area contributed by atoms with Gasteiger partial charge in [0, 0.05) is 45.1 Å². The van der Waals surface area contributed by atoms with Crippen molar-refractivity contribution in [2.75, 3.05) is 44.2 Å². The van der Waals surface area contributed by atoms with E-state index in [4.69, 9.17) is 0 Å². The largest absolute Gasteiger partial charge is 0.338 e. The second kappa shape index (κ2) is 8.73. The number of nitrogens with one attached hydrogen (secondary N) is 1. The molecule has 0 amide bonds. The van der Waals surface area contributed by atoms with Gasteiger partial charge in [-0.1, -0.05) is 6.07 Å². The minimum Gasteiger partial charge on any atom is -0.338 e. The van der Waals surface area contributed by atoms with Crippen molar-refractivity contribution in [2.24, 2.45) is 0 Å². The molecule has 0 spiro atoms. The van der Waals surface area contributed by atoms with E-state index in [0.29, 0.717) is 18.5 Å². The summed E-state index contributed by atoms with van der Waals surface area (Å²) in [5.74, 6) is 0.230. The highest BCUT2D eigenvalue weighted by Crippen LogP contribution is 2.14. The van der Waals surface area contributed by atoms with Crippen molar-refractivity contribution in [1.82, 2.24) is 19.6 Å². The van der Waals surface area contributed by atoms with Crippen molar-refractivity contribution in [2.45, 2.75) is 18.2 Å². The molecule has 1 aromatic carbocycles. The lowest BCUT2D eigenvalue weighted by molar-refractivity contribution is 0.254. The highest BCUT2D eigenvalue weighted by Gasteiger charge is 2.19. The minimum absolute atomic E-state index is 0.0397. The Hall–Kier alpha value is -2.10. The number of sulfonamides is 1. The summed E-state index contributed by atoms with van der Waals surface area (Å²) < 4.78 is 40.6. The molecule has 27 heavy (non-hydrogen) atoms. The first-order chi connectivity index (χ1) is 13.0. The van der Waals surface area contributed by atoms with Crippen molar-refractivity contribution < 1.29 is 12.8 Å². The third-order valence-electron chi connectivity index (χ3n) is 4.60. The molecule has 2 heterocycles. The standard InChI is InChI=1S/C18H24FN5O2S/c1-15-4-5-16(14-17(15)19)27(25,26)22-8-3-9-23-10-12-24(13-11-23)18-20-6-2-7-21-18/h2,4-7,14,22H,3,8-13H2,1H3. The Morgan fingerprint density at radius 2 is 1.85 bits per heavy atom. The first-order valence-electron chi connectivity index (χ1n) is 8.96. The number of hydrogen-bond donors (Lipinski definition) is 1. The van der Waals surface area contributed by atoms with Crippen molar-refractivity contribution >= 4 is 16.0 Å². The number of hydrogen-bond acceptors (Lipinski definition) is 6. The van der Waals surface area contributed by atoms with Gasteiger partial charge in [0.2, 0.25) is 16.0 Å². The summed E-state index contributed by atoms with van der Waals surface area (Å²) in [5.41, 5.74) is 0.425. The third kappa shape index (κ3) is 5.21. The average molecular weight is 393 g/mol. The number of benzene rings is 1. The summed E-state index contributed by atoms with van der Waals surface area (Å²) in [4.78, 5) is 12.9. The zero-order chi connectivity index (χ0) is 19.3. The Morgan fingerprint density at radius 1 is 1.15 bits per heavy atom. The van der Waals surface area contributed by atoms with Crippen LogP contribution in [0.15, 0.2) is 41.6 Å². The maximum atomic E-state index is 13.6. The zero-order valence-corrected chi connectivity index (χ0v) is 16.1. The van der Waals surface area contributed by atoms with Gasteiger partial charge in [0.1, 0.15) is 5.82 Å². The zero-order valence-electron chi connectivity index (χ0n) is 15.3. The van der Waals surface area contributed by atoms with E-state index in [1.54, 1.807) is 25.4 Å². The number of anilines is 1. The summed E-state index contributed by atoms with van der Waals surface area (Å²) in [6, 6.07) is 5.75. The lowest BCUT2D eigenvalue weighted by Gasteiger charge is -2.34. The fraction of sp³-hybridized carbons (Fsp3) is 0.444. The van der Waals surface area contributed by atoms with Gasteiger partial charge < -0.3 is 4.90 Å². The monoisotopic (exact) mass is 393 g/mol. The molecule has 7 nitrogen and oxygen atoms in total. The number of piperazine rings is 1. The molecule has 1 N–H and O–H groups in total. The predicted molar refractivity (Wildman–Crippen MR) is 102 cm³/mol. The van der Waals surface area contributed by atoms with Crippen molar-refractivity contribution in [3.05, 3.63) is 48.0 Å². The van der Waals surface area contributed by atoms with Crippen molar-refractivity contribution in [3.63, 3.8) is 0 Å². The van der Waals surface area contributed by atoms with Crippen LogP contribution in [0.25, 0.3) is 0 Å². The molecule has 0 bridgehead atoms. The molecular weight excluding hydrogens is 369 g/mol. The van der Waals surface area contributed by atoms with E-state index in [1.807, 2.05) is 0 Å². The maximum absolute atomic E-state index is 13.6. The number of rotatable bonds is 7. The maximum Gasteiger partial charge on any atom is 0.240 e. The molecule has 0 atom stereocenters. The van der Waals surface area contributed by atoms with Crippen LogP contribution < -0.4 is 9.62 Å². The van der Waals surface area contributed by atoms with E-state index < -0.39 is 15.8 Å². The van der Waals surface area contributed by atoms with Gasteiger partial charge in [-0.2, -0.15) is 0 Å². The second-order valence-electron chi connectivity index (χ2n) is 6.54. The topological polar surface area (TPSA) is 78.4 Å². The quantitative estimate of drug-likeness (QED) is 0.717. The summed E-state index contributed by atoms with van der Waals surface area (Å²) in [6.07, 6.45) is 4.16. The molecule has 1 aliphatic rings. The molecule has 9 heteroatoms. The first-order valence-corrected chi connectivity index (χ1v) is 10.4. The first kappa shape index (κ1) is 19.7. The van der Waals surface area contributed by atoms with Crippen LogP contribution in [0.4, 0.5) is 10.3 Å². The average Bonchev–Trinajstić information content (AvgIpc) is 2.68. The molecule has 0 radical (unpaired) electrons. The normalized spacial score (nSPS) is 15.9. The Balaban J connectivity index is 1.41. The van der Waals surface area contributed by atoms with Crippen LogP contribution in [0.3, 0.4) is 0 Å². The van der Waals surface area contributed by atoms with Crippen LogP contribution in [0, 0.1) is 12.7 Å². The fourth-order valence-corrected chi connectivity index (χ4v) is 4.04. The van der Waals surface area contributed by atoms with Crippen LogP contribution >= 0.6 is 0 Å². The Bertz CT molecular complexity index is 855. The van der Waals surface area contributed by atoms with Crippen LogP contribution in [-0.2, 0) is 10.0 Å². The van der Waals surface area contributed by atoms with Crippen molar-refractivity contribution in [3.8, 4) is 0 Å². The molecule has 0 saturated carbocycles. The Labute approximate surface area is 159 Å². The van der Waals surface area contributed by atoms with E-state index in [9.17, 15) is 12.8 Å². The minimum atomic E-state index is -3.68. The van der Waals surface area contributed by atoms with E-state index in [-0.39, 0.29) is 4.90 Å². The number of nitrogens with zero attached hydrogens (tertiary/aromatic N) is 4. The van der Waals surface area contributed by atoms with E-state index in [1.165, 1.54) is 12.1 Å². The lowest BCUT2D eigenvalue weighted by atomic mass is 10.2. The highest BCUT2D eigenvalue weighted by molar-refractivity contribution is 7.89. The second-order valence-corrected chi connectivity index (χ2v) is 8.31. The molecule has 146 valence electrons. The third-order valence-corrected chi connectivity index (χ3v) is 6.06. The van der Waals surface area contributed by atoms with E-state index in [2.05, 4.69) is 24.5 Å². The molecule has 2 aromatic rings.